The van der Waals surface area contributed by atoms with E-state index in [4.69, 9.17) is 9.72 Å². The van der Waals surface area contributed by atoms with Crippen molar-refractivity contribution in [1.82, 2.24) is 19.8 Å². The van der Waals surface area contributed by atoms with Gasteiger partial charge in [-0.1, -0.05) is 0 Å². The maximum absolute atomic E-state index is 5.26. The molecule has 3 rings (SSSR count). The van der Waals surface area contributed by atoms with Crippen molar-refractivity contribution < 1.29 is 4.74 Å². The van der Waals surface area contributed by atoms with E-state index < -0.39 is 0 Å². The van der Waals surface area contributed by atoms with Gasteiger partial charge in [0.1, 0.15) is 5.82 Å². The van der Waals surface area contributed by atoms with Crippen LogP contribution in [0.5, 0.6) is 0 Å². The summed E-state index contributed by atoms with van der Waals surface area (Å²) in [7, 11) is 3.63. The summed E-state index contributed by atoms with van der Waals surface area (Å²) in [5.41, 5.74) is 1.12. The first kappa shape index (κ1) is 18.5. The molecule has 1 unspecified atom stereocenters. The molecule has 130 valence electrons. The number of nitrogens with one attached hydrogen (secondary N) is 1. The van der Waals surface area contributed by atoms with Gasteiger partial charge in [-0.05, 0) is 19.3 Å². The molecule has 23 heavy (non-hydrogen) atoms. The second-order valence-electron chi connectivity index (χ2n) is 6.26. The summed E-state index contributed by atoms with van der Waals surface area (Å²) in [5, 5.41) is 3.46. The third-order valence-corrected chi connectivity index (χ3v) is 4.59. The van der Waals surface area contributed by atoms with Crippen molar-refractivity contribution >= 4 is 29.9 Å². The maximum Gasteiger partial charge on any atom is 0.193 e. The minimum absolute atomic E-state index is 0. The Kier molecular flexibility index (Phi) is 7.13. The molecule has 0 radical (unpaired) electrons. The summed E-state index contributed by atoms with van der Waals surface area (Å²) in [4.78, 5) is 11.5. The van der Waals surface area contributed by atoms with Crippen LogP contribution in [0.15, 0.2) is 11.2 Å². The number of hydrogen-bond donors (Lipinski definition) is 1. The van der Waals surface area contributed by atoms with Crippen LogP contribution in [0.3, 0.4) is 0 Å². The highest BCUT2D eigenvalue weighted by Crippen LogP contribution is 2.17. The first-order valence-corrected chi connectivity index (χ1v) is 8.29. The van der Waals surface area contributed by atoms with Crippen molar-refractivity contribution in [2.24, 2.45) is 10.9 Å². The van der Waals surface area contributed by atoms with Crippen molar-refractivity contribution in [3.8, 4) is 0 Å². The van der Waals surface area contributed by atoms with E-state index in [9.17, 15) is 0 Å². The summed E-state index contributed by atoms with van der Waals surface area (Å²) >= 11 is 0. The second-order valence-corrected chi connectivity index (χ2v) is 6.26. The fraction of sp³-hybridized carbons (Fsp3) is 0.750. The molecule has 2 aliphatic heterocycles. The molecule has 6 nitrogen and oxygen atoms in total. The van der Waals surface area contributed by atoms with Crippen molar-refractivity contribution in [3.05, 3.63) is 17.7 Å². The number of imidazole rings is 1. The molecule has 0 aliphatic carbocycles. The molecule has 1 aromatic rings. The number of fused-ring (bicyclic) bond motifs is 1. The molecule has 0 aromatic carbocycles. The Hall–Kier alpha value is -0.830. The molecule has 1 atom stereocenters. The molecule has 1 N–H and O–H groups in total. The van der Waals surface area contributed by atoms with Crippen molar-refractivity contribution in [2.45, 2.75) is 38.8 Å². The zero-order valence-electron chi connectivity index (χ0n) is 14.1. The van der Waals surface area contributed by atoms with Gasteiger partial charge in [0.25, 0.3) is 0 Å². The fourth-order valence-corrected chi connectivity index (χ4v) is 3.46. The Bertz CT molecular complexity index is 507. The molecule has 0 amide bonds. The maximum atomic E-state index is 5.26. The highest BCUT2D eigenvalue weighted by molar-refractivity contribution is 14.0. The monoisotopic (exact) mass is 433 g/mol. The van der Waals surface area contributed by atoms with Gasteiger partial charge in [-0.3, -0.25) is 4.99 Å². The predicted molar refractivity (Wildman–Crippen MR) is 102 cm³/mol. The van der Waals surface area contributed by atoms with Crippen molar-refractivity contribution in [3.63, 3.8) is 0 Å². The first-order chi connectivity index (χ1) is 10.8. The topological polar surface area (TPSA) is 54.7 Å². The Morgan fingerprint density at radius 1 is 1.43 bits per heavy atom. The third kappa shape index (κ3) is 4.59. The van der Waals surface area contributed by atoms with Crippen LogP contribution in [0.2, 0.25) is 0 Å². The van der Waals surface area contributed by atoms with E-state index in [0.717, 1.165) is 50.9 Å². The van der Waals surface area contributed by atoms with Crippen LogP contribution < -0.4 is 5.32 Å². The number of rotatable bonds is 4. The van der Waals surface area contributed by atoms with Crippen LogP contribution in [0.25, 0.3) is 0 Å². The summed E-state index contributed by atoms with van der Waals surface area (Å²) in [6, 6.07) is 0. The van der Waals surface area contributed by atoms with Gasteiger partial charge in [0.15, 0.2) is 5.96 Å². The van der Waals surface area contributed by atoms with Crippen LogP contribution in [0.1, 0.15) is 30.8 Å². The summed E-state index contributed by atoms with van der Waals surface area (Å²) < 4.78 is 7.56. The Morgan fingerprint density at radius 2 is 2.30 bits per heavy atom. The molecule has 0 saturated carbocycles. The number of halogens is 1. The molecule has 2 aliphatic rings. The van der Waals surface area contributed by atoms with Gasteiger partial charge < -0.3 is 19.5 Å². The van der Waals surface area contributed by atoms with Crippen LogP contribution >= 0.6 is 24.0 Å². The summed E-state index contributed by atoms with van der Waals surface area (Å²) in [6.45, 7) is 4.77. The van der Waals surface area contributed by atoms with Crippen LogP contribution in [-0.2, 0) is 24.2 Å². The van der Waals surface area contributed by atoms with Gasteiger partial charge in [0, 0.05) is 52.3 Å². The zero-order chi connectivity index (χ0) is 15.4. The van der Waals surface area contributed by atoms with Gasteiger partial charge >= 0.3 is 0 Å². The number of likely N-dealkylation sites (tertiary alicyclic amines) is 1. The molecule has 0 bridgehead atoms. The first-order valence-electron chi connectivity index (χ1n) is 8.29. The van der Waals surface area contributed by atoms with Crippen molar-refractivity contribution in [1.29, 1.82) is 0 Å². The minimum Gasteiger partial charge on any atom is -0.384 e. The molecule has 1 fully saturated rings. The third-order valence-electron chi connectivity index (χ3n) is 4.59. The number of aryl methyl sites for hydroxylation is 2. The lowest BCUT2D eigenvalue weighted by Gasteiger charge is -2.21. The average Bonchev–Trinajstić information content (AvgIpc) is 3.15. The highest BCUT2D eigenvalue weighted by atomic mass is 127. The number of guanidine groups is 1. The van der Waals surface area contributed by atoms with E-state index in [-0.39, 0.29) is 24.0 Å². The highest BCUT2D eigenvalue weighted by Gasteiger charge is 2.24. The van der Waals surface area contributed by atoms with Crippen LogP contribution in [-0.4, -0.2) is 54.3 Å². The molecular formula is C16H28IN5O. The summed E-state index contributed by atoms with van der Waals surface area (Å²) in [5.74, 6) is 2.83. The fourth-order valence-electron chi connectivity index (χ4n) is 3.46. The quantitative estimate of drug-likeness (QED) is 0.448. The molecule has 0 spiro atoms. The van der Waals surface area contributed by atoms with E-state index in [1.807, 2.05) is 7.05 Å². The van der Waals surface area contributed by atoms with Gasteiger partial charge in [0.05, 0.1) is 18.8 Å². The lowest BCUT2D eigenvalue weighted by molar-refractivity contribution is 0.157. The van der Waals surface area contributed by atoms with Crippen LogP contribution in [0.4, 0.5) is 0 Å². The lowest BCUT2D eigenvalue weighted by Crippen LogP contribution is -2.39. The van der Waals surface area contributed by atoms with E-state index in [1.165, 1.54) is 25.1 Å². The van der Waals surface area contributed by atoms with Gasteiger partial charge in [-0.15, -0.1) is 24.0 Å². The lowest BCUT2D eigenvalue weighted by atomic mass is 10.1. The number of methoxy groups -OCH3 is 1. The Labute approximate surface area is 155 Å². The molecule has 3 heterocycles. The SMILES string of the molecule is CN=C(NCc1cn2c(n1)CCCC2)N1CCC(COC)C1.I. The Morgan fingerprint density at radius 3 is 3.04 bits per heavy atom. The molecule has 1 aromatic heterocycles. The van der Waals surface area contributed by atoms with E-state index >= 15 is 0 Å². The number of nitrogens with zero attached hydrogens (tertiary/aromatic N) is 4. The molecular weight excluding hydrogens is 405 g/mol. The van der Waals surface area contributed by atoms with Gasteiger partial charge in [-0.25, -0.2) is 4.98 Å². The zero-order valence-corrected chi connectivity index (χ0v) is 16.5. The summed E-state index contributed by atoms with van der Waals surface area (Å²) in [6.07, 6.45) is 7.01. The average molecular weight is 433 g/mol. The number of aromatic nitrogens is 2. The Balaban J connectivity index is 0.00000192. The van der Waals surface area contributed by atoms with E-state index in [2.05, 4.69) is 26.0 Å². The number of hydrogen-bond acceptors (Lipinski definition) is 3. The number of aliphatic imine (C=N–C) groups is 1. The molecule has 7 heteroatoms. The van der Waals surface area contributed by atoms with Crippen molar-refractivity contribution in [2.75, 3.05) is 33.9 Å². The largest absolute Gasteiger partial charge is 0.384 e. The van der Waals surface area contributed by atoms with E-state index in [1.54, 1.807) is 7.11 Å². The predicted octanol–water partition coefficient (Wildman–Crippen LogP) is 1.88. The molecule has 1 saturated heterocycles. The standard InChI is InChI=1S/C16H27N5O.HI/c1-17-16(21-8-6-13(10-21)12-22-2)18-9-14-11-20-7-4-3-5-15(20)19-14;/h11,13H,3-10,12H2,1-2H3,(H,17,18);1H. The minimum atomic E-state index is 0. The second kappa shape index (κ2) is 8.86. The van der Waals surface area contributed by atoms with Gasteiger partial charge in [-0.2, -0.15) is 0 Å². The normalized spacial score (nSPS) is 21.0. The van der Waals surface area contributed by atoms with Gasteiger partial charge in [0.2, 0.25) is 0 Å². The van der Waals surface area contributed by atoms with E-state index in [0.29, 0.717) is 5.92 Å². The number of ether oxygens (including phenoxy) is 1. The smallest absolute Gasteiger partial charge is 0.193 e. The van der Waals surface area contributed by atoms with Crippen LogP contribution in [0, 0.1) is 5.92 Å².